The zero-order valence-electron chi connectivity index (χ0n) is 14.1. The van der Waals surface area contributed by atoms with Crippen LogP contribution in [0.3, 0.4) is 0 Å². The van der Waals surface area contributed by atoms with Gasteiger partial charge in [0.25, 0.3) is 0 Å². The predicted molar refractivity (Wildman–Crippen MR) is 94.6 cm³/mol. The van der Waals surface area contributed by atoms with Gasteiger partial charge in [0.2, 0.25) is 0 Å². The van der Waals surface area contributed by atoms with Gasteiger partial charge in [-0.25, -0.2) is 9.97 Å². The van der Waals surface area contributed by atoms with Crippen molar-refractivity contribution in [3.05, 3.63) is 71.7 Å². The maximum absolute atomic E-state index is 5.35. The average Bonchev–Trinajstić information content (AvgIpc) is 2.62. The fourth-order valence-electron chi connectivity index (χ4n) is 2.62. The van der Waals surface area contributed by atoms with Crippen molar-refractivity contribution in [1.82, 2.24) is 9.97 Å². The van der Waals surface area contributed by atoms with Gasteiger partial charge in [-0.2, -0.15) is 0 Å². The minimum atomic E-state index is 0.639. The number of hydrogen-bond acceptors (Lipinski definition) is 4. The second-order valence-corrected chi connectivity index (χ2v) is 5.59. The monoisotopic (exact) mass is 320 g/mol. The van der Waals surface area contributed by atoms with Crippen LogP contribution >= 0.6 is 0 Å². The van der Waals surface area contributed by atoms with E-state index in [1.54, 1.807) is 20.4 Å². The maximum atomic E-state index is 5.35. The highest BCUT2D eigenvalue weighted by atomic mass is 16.5. The summed E-state index contributed by atoms with van der Waals surface area (Å²) in [6.07, 6.45) is 2.45. The third kappa shape index (κ3) is 3.54. The highest BCUT2D eigenvalue weighted by Crippen LogP contribution is 2.28. The smallest absolute Gasteiger partial charge is 0.161 e. The fourth-order valence-corrected chi connectivity index (χ4v) is 2.62. The lowest BCUT2D eigenvalue weighted by molar-refractivity contribution is 0.354. The van der Waals surface area contributed by atoms with Crippen molar-refractivity contribution in [2.45, 2.75) is 13.3 Å². The largest absolute Gasteiger partial charge is 0.493 e. The predicted octanol–water partition coefficient (Wildman–Crippen LogP) is 4.06. The number of aryl methyl sites for hydroxylation is 1. The molecule has 3 aromatic rings. The summed E-state index contributed by atoms with van der Waals surface area (Å²) in [6, 6.07) is 16.1. The van der Waals surface area contributed by atoms with E-state index < -0.39 is 0 Å². The number of ether oxygens (including phenoxy) is 2. The first-order valence-electron chi connectivity index (χ1n) is 7.79. The standard InChI is InChI=1S/C20H20N2O2/c1-14-5-4-6-16(11-14)17-9-10-21-20(22-17)13-15-7-8-18(23-2)19(12-15)24-3/h4-12H,13H2,1-3H3. The first-order chi connectivity index (χ1) is 11.7. The van der Waals surface area contributed by atoms with E-state index in [4.69, 9.17) is 14.5 Å². The van der Waals surface area contributed by atoms with Crippen molar-refractivity contribution in [3.8, 4) is 22.8 Å². The van der Waals surface area contributed by atoms with Crippen molar-refractivity contribution in [2.75, 3.05) is 14.2 Å². The van der Waals surface area contributed by atoms with E-state index in [0.29, 0.717) is 12.2 Å². The molecule has 0 N–H and O–H groups in total. The average molecular weight is 320 g/mol. The van der Waals surface area contributed by atoms with Crippen LogP contribution in [0.1, 0.15) is 17.0 Å². The second kappa shape index (κ2) is 7.13. The second-order valence-electron chi connectivity index (χ2n) is 5.59. The first-order valence-corrected chi connectivity index (χ1v) is 7.79. The van der Waals surface area contributed by atoms with Gasteiger partial charge >= 0.3 is 0 Å². The van der Waals surface area contributed by atoms with Crippen LogP contribution in [-0.2, 0) is 6.42 Å². The summed E-state index contributed by atoms with van der Waals surface area (Å²) in [6.45, 7) is 2.08. The molecule has 0 fully saturated rings. The molecular weight excluding hydrogens is 300 g/mol. The van der Waals surface area contributed by atoms with E-state index >= 15 is 0 Å². The molecule has 1 heterocycles. The number of benzene rings is 2. The van der Waals surface area contributed by atoms with Crippen molar-refractivity contribution in [1.29, 1.82) is 0 Å². The van der Waals surface area contributed by atoms with E-state index in [1.165, 1.54) is 5.56 Å². The molecule has 4 heteroatoms. The van der Waals surface area contributed by atoms with Gasteiger partial charge in [-0.15, -0.1) is 0 Å². The minimum absolute atomic E-state index is 0.639. The van der Waals surface area contributed by atoms with Crippen molar-refractivity contribution >= 4 is 0 Å². The number of hydrogen-bond donors (Lipinski definition) is 0. The lowest BCUT2D eigenvalue weighted by atomic mass is 10.1. The van der Waals surface area contributed by atoms with Crippen molar-refractivity contribution < 1.29 is 9.47 Å². The number of aromatic nitrogens is 2. The Bertz CT molecular complexity index is 847. The molecule has 0 spiro atoms. The van der Waals surface area contributed by atoms with E-state index in [0.717, 1.165) is 28.4 Å². The topological polar surface area (TPSA) is 44.2 Å². The van der Waals surface area contributed by atoms with E-state index in [1.807, 2.05) is 30.3 Å². The lowest BCUT2D eigenvalue weighted by Gasteiger charge is -2.09. The molecule has 0 bridgehead atoms. The molecule has 2 aromatic carbocycles. The Hall–Kier alpha value is -2.88. The molecule has 1 aromatic heterocycles. The van der Waals surface area contributed by atoms with E-state index in [9.17, 15) is 0 Å². The van der Waals surface area contributed by atoms with Gasteiger partial charge in [0.05, 0.1) is 19.9 Å². The molecule has 0 aliphatic carbocycles. The Kier molecular flexibility index (Phi) is 4.75. The number of rotatable bonds is 5. The first kappa shape index (κ1) is 16.0. The van der Waals surface area contributed by atoms with Crippen LogP contribution in [0.4, 0.5) is 0 Å². The Balaban J connectivity index is 1.87. The van der Waals surface area contributed by atoms with Gasteiger partial charge in [0.15, 0.2) is 11.5 Å². The van der Waals surface area contributed by atoms with Gasteiger partial charge in [-0.05, 0) is 36.8 Å². The molecule has 0 aliphatic heterocycles. The lowest BCUT2D eigenvalue weighted by Crippen LogP contribution is -1.99. The molecule has 122 valence electrons. The fraction of sp³-hybridized carbons (Fsp3) is 0.200. The zero-order valence-corrected chi connectivity index (χ0v) is 14.1. The van der Waals surface area contributed by atoms with Crippen LogP contribution in [0.5, 0.6) is 11.5 Å². The molecule has 0 radical (unpaired) electrons. The van der Waals surface area contributed by atoms with Crippen molar-refractivity contribution in [2.24, 2.45) is 0 Å². The molecule has 0 aliphatic rings. The summed E-state index contributed by atoms with van der Waals surface area (Å²) in [5.41, 5.74) is 4.33. The molecule has 0 atom stereocenters. The van der Waals surface area contributed by atoms with E-state index in [2.05, 4.69) is 30.1 Å². The van der Waals surface area contributed by atoms with Crippen molar-refractivity contribution in [3.63, 3.8) is 0 Å². The molecule has 3 rings (SSSR count). The summed E-state index contributed by atoms with van der Waals surface area (Å²) >= 11 is 0. The third-order valence-corrected chi connectivity index (χ3v) is 3.83. The Morgan fingerprint density at radius 3 is 2.50 bits per heavy atom. The highest BCUT2D eigenvalue weighted by molar-refractivity contribution is 5.59. The van der Waals surface area contributed by atoms with Crippen LogP contribution in [-0.4, -0.2) is 24.2 Å². The van der Waals surface area contributed by atoms with Gasteiger partial charge in [-0.3, -0.25) is 0 Å². The molecule has 24 heavy (non-hydrogen) atoms. The van der Waals surface area contributed by atoms with Crippen LogP contribution in [0.25, 0.3) is 11.3 Å². The normalized spacial score (nSPS) is 10.5. The third-order valence-electron chi connectivity index (χ3n) is 3.83. The van der Waals surface area contributed by atoms with Gasteiger partial charge in [0, 0.05) is 18.2 Å². The zero-order chi connectivity index (χ0) is 16.9. The Labute approximate surface area is 142 Å². The van der Waals surface area contributed by atoms with Crippen LogP contribution in [0.15, 0.2) is 54.7 Å². The van der Waals surface area contributed by atoms with Gasteiger partial charge < -0.3 is 9.47 Å². The SMILES string of the molecule is COc1ccc(Cc2nccc(-c3cccc(C)c3)n2)cc1OC. The minimum Gasteiger partial charge on any atom is -0.493 e. The summed E-state index contributed by atoms with van der Waals surface area (Å²) in [5.74, 6) is 2.21. The maximum Gasteiger partial charge on any atom is 0.161 e. The van der Waals surface area contributed by atoms with E-state index in [-0.39, 0.29) is 0 Å². The summed E-state index contributed by atoms with van der Waals surface area (Å²) in [7, 11) is 3.27. The van der Waals surface area contributed by atoms with Crippen LogP contribution in [0, 0.1) is 6.92 Å². The molecule has 0 amide bonds. The molecule has 0 unspecified atom stereocenters. The summed E-state index contributed by atoms with van der Waals surface area (Å²) in [4.78, 5) is 9.09. The molecule has 0 saturated heterocycles. The van der Waals surface area contributed by atoms with Crippen LogP contribution in [0.2, 0.25) is 0 Å². The molecular formula is C20H20N2O2. The molecule has 0 saturated carbocycles. The Morgan fingerprint density at radius 2 is 1.75 bits per heavy atom. The summed E-state index contributed by atoms with van der Waals surface area (Å²) < 4.78 is 10.6. The summed E-state index contributed by atoms with van der Waals surface area (Å²) in [5, 5.41) is 0. The number of methoxy groups -OCH3 is 2. The Morgan fingerprint density at radius 1 is 0.917 bits per heavy atom. The number of nitrogens with zero attached hydrogens (tertiary/aromatic N) is 2. The van der Waals surface area contributed by atoms with Gasteiger partial charge in [0.1, 0.15) is 5.82 Å². The quantitative estimate of drug-likeness (QED) is 0.711. The van der Waals surface area contributed by atoms with Crippen LogP contribution < -0.4 is 9.47 Å². The van der Waals surface area contributed by atoms with Gasteiger partial charge in [-0.1, -0.05) is 29.8 Å². The molecule has 4 nitrogen and oxygen atoms in total. The highest BCUT2D eigenvalue weighted by Gasteiger charge is 2.08.